The van der Waals surface area contributed by atoms with Crippen molar-refractivity contribution in [3.05, 3.63) is 101 Å². The molecule has 0 radical (unpaired) electrons. The Morgan fingerprint density at radius 2 is 1.36 bits per heavy atom. The molecule has 4 heteroatoms. The van der Waals surface area contributed by atoms with Crippen LogP contribution in [0.2, 0.25) is 0 Å². The van der Waals surface area contributed by atoms with Crippen molar-refractivity contribution in [1.29, 1.82) is 0 Å². The van der Waals surface area contributed by atoms with Crippen LogP contribution in [0, 0.1) is 0 Å². The molecule has 0 unspecified atom stereocenters. The summed E-state index contributed by atoms with van der Waals surface area (Å²) in [6.45, 7) is 4.61. The number of aromatic nitrogens is 3. The molecule has 33 heavy (non-hydrogen) atoms. The highest BCUT2D eigenvalue weighted by molar-refractivity contribution is 9.10. The Bertz CT molecular complexity index is 1760. The minimum atomic E-state index is -0.0836. The summed E-state index contributed by atoms with van der Waals surface area (Å²) in [6, 6.07) is 30.3. The fraction of sp³-hybridized carbons (Fsp3) is 0.103. The Kier molecular flexibility index (Phi) is 3.76. The summed E-state index contributed by atoms with van der Waals surface area (Å²) in [4.78, 5) is 0. The van der Waals surface area contributed by atoms with E-state index in [4.69, 9.17) is 5.10 Å². The number of pyridine rings is 1. The fourth-order valence-corrected chi connectivity index (χ4v) is 5.89. The summed E-state index contributed by atoms with van der Waals surface area (Å²) in [7, 11) is 0. The van der Waals surface area contributed by atoms with Gasteiger partial charge in [0.15, 0.2) is 11.5 Å². The second-order valence-electron chi connectivity index (χ2n) is 9.32. The number of rotatable bonds is 1. The van der Waals surface area contributed by atoms with Gasteiger partial charge in [-0.1, -0.05) is 90.4 Å². The van der Waals surface area contributed by atoms with Crippen LogP contribution < -0.4 is 0 Å². The predicted molar refractivity (Wildman–Crippen MR) is 139 cm³/mol. The molecule has 0 atom stereocenters. The standard InChI is InChI=1S/C29H20BrN3/c1-29(2)24-15-17(11-13-20(24)21-14-12-18(30)16-25(21)29)27-31-32-28-23-9-4-3-7-19(23)22-8-5-6-10-26(22)33(27)28/h3-16H,1-2H3. The van der Waals surface area contributed by atoms with Crippen LogP contribution in [0.25, 0.3) is 49.8 Å². The molecule has 158 valence electrons. The Morgan fingerprint density at radius 1 is 0.697 bits per heavy atom. The molecule has 1 aliphatic carbocycles. The van der Waals surface area contributed by atoms with Crippen LogP contribution in [0.5, 0.6) is 0 Å². The maximum atomic E-state index is 4.71. The Balaban J connectivity index is 1.53. The van der Waals surface area contributed by atoms with E-state index in [1.165, 1.54) is 33.0 Å². The molecule has 0 saturated heterocycles. The average molecular weight is 490 g/mol. The molecule has 7 rings (SSSR count). The number of para-hydroxylation sites is 1. The number of hydrogen-bond acceptors (Lipinski definition) is 2. The molecule has 4 aromatic carbocycles. The van der Waals surface area contributed by atoms with Crippen LogP contribution in [0.15, 0.2) is 89.4 Å². The zero-order chi connectivity index (χ0) is 22.3. The van der Waals surface area contributed by atoms with E-state index in [1.54, 1.807) is 0 Å². The molecule has 1 aliphatic rings. The zero-order valence-electron chi connectivity index (χ0n) is 18.3. The molecule has 3 nitrogen and oxygen atoms in total. The van der Waals surface area contributed by atoms with Gasteiger partial charge in [-0.15, -0.1) is 10.2 Å². The van der Waals surface area contributed by atoms with Crippen molar-refractivity contribution in [2.24, 2.45) is 0 Å². The summed E-state index contributed by atoms with van der Waals surface area (Å²) < 4.78 is 3.33. The van der Waals surface area contributed by atoms with Gasteiger partial charge in [0.25, 0.3) is 0 Å². The topological polar surface area (TPSA) is 30.2 Å². The van der Waals surface area contributed by atoms with Crippen LogP contribution in [0.4, 0.5) is 0 Å². The van der Waals surface area contributed by atoms with Gasteiger partial charge in [-0.05, 0) is 51.9 Å². The minimum Gasteiger partial charge on any atom is -0.274 e. The molecule has 6 aromatic rings. The highest BCUT2D eigenvalue weighted by Crippen LogP contribution is 2.50. The van der Waals surface area contributed by atoms with Gasteiger partial charge in [0, 0.05) is 26.2 Å². The monoisotopic (exact) mass is 489 g/mol. The SMILES string of the molecule is CC1(C)c2cc(Br)ccc2-c2ccc(-c3nnc4c5ccccc5c5ccccc5n34)cc21. The number of nitrogens with zero attached hydrogens (tertiary/aromatic N) is 3. The number of halogens is 1. The highest BCUT2D eigenvalue weighted by Gasteiger charge is 2.36. The average Bonchev–Trinajstić information content (AvgIpc) is 3.37. The molecular weight excluding hydrogens is 470 g/mol. The van der Waals surface area contributed by atoms with Gasteiger partial charge in [0.2, 0.25) is 0 Å². The Morgan fingerprint density at radius 3 is 2.18 bits per heavy atom. The lowest BCUT2D eigenvalue weighted by Gasteiger charge is -2.22. The van der Waals surface area contributed by atoms with E-state index >= 15 is 0 Å². The van der Waals surface area contributed by atoms with Gasteiger partial charge in [0.1, 0.15) is 0 Å². The van der Waals surface area contributed by atoms with E-state index < -0.39 is 0 Å². The summed E-state index contributed by atoms with van der Waals surface area (Å²) in [5.74, 6) is 0.877. The number of hydrogen-bond donors (Lipinski definition) is 0. The Labute approximate surface area is 199 Å². The second-order valence-corrected chi connectivity index (χ2v) is 10.2. The molecular formula is C29H20BrN3. The van der Waals surface area contributed by atoms with E-state index in [1.807, 2.05) is 0 Å². The first-order chi connectivity index (χ1) is 16.0. The quantitative estimate of drug-likeness (QED) is 0.221. The summed E-state index contributed by atoms with van der Waals surface area (Å²) in [5.41, 5.74) is 8.31. The van der Waals surface area contributed by atoms with Crippen molar-refractivity contribution in [3.63, 3.8) is 0 Å². The zero-order valence-corrected chi connectivity index (χ0v) is 19.9. The van der Waals surface area contributed by atoms with Crippen molar-refractivity contribution < 1.29 is 0 Å². The van der Waals surface area contributed by atoms with Gasteiger partial charge < -0.3 is 0 Å². The first-order valence-corrected chi connectivity index (χ1v) is 11.9. The Hall–Kier alpha value is -3.50. The third-order valence-corrected chi connectivity index (χ3v) is 7.66. The lowest BCUT2D eigenvalue weighted by atomic mass is 9.82. The highest BCUT2D eigenvalue weighted by atomic mass is 79.9. The maximum Gasteiger partial charge on any atom is 0.169 e. The van der Waals surface area contributed by atoms with Crippen molar-refractivity contribution in [1.82, 2.24) is 14.6 Å². The fourth-order valence-electron chi connectivity index (χ4n) is 5.53. The summed E-state index contributed by atoms with van der Waals surface area (Å²) in [6.07, 6.45) is 0. The number of benzene rings is 4. The third kappa shape index (κ3) is 2.50. The van der Waals surface area contributed by atoms with Crippen LogP contribution >= 0.6 is 15.9 Å². The van der Waals surface area contributed by atoms with Crippen molar-refractivity contribution in [2.75, 3.05) is 0 Å². The van der Waals surface area contributed by atoms with Gasteiger partial charge >= 0.3 is 0 Å². The normalized spacial score (nSPS) is 14.2. The van der Waals surface area contributed by atoms with E-state index in [0.29, 0.717) is 0 Å². The minimum absolute atomic E-state index is 0.0836. The van der Waals surface area contributed by atoms with Gasteiger partial charge in [0.05, 0.1) is 5.52 Å². The summed E-state index contributed by atoms with van der Waals surface area (Å²) >= 11 is 3.66. The molecule has 0 aliphatic heterocycles. The first kappa shape index (κ1) is 19.0. The maximum absolute atomic E-state index is 4.71. The van der Waals surface area contributed by atoms with E-state index in [2.05, 4.69) is 124 Å². The molecule has 2 aromatic heterocycles. The summed E-state index contributed by atoms with van der Waals surface area (Å²) in [5, 5.41) is 12.9. The van der Waals surface area contributed by atoms with Crippen LogP contribution in [-0.2, 0) is 5.41 Å². The van der Waals surface area contributed by atoms with Crippen molar-refractivity contribution in [2.45, 2.75) is 19.3 Å². The van der Waals surface area contributed by atoms with Crippen molar-refractivity contribution >= 4 is 43.3 Å². The van der Waals surface area contributed by atoms with Gasteiger partial charge in [-0.2, -0.15) is 0 Å². The van der Waals surface area contributed by atoms with Crippen LogP contribution in [0.3, 0.4) is 0 Å². The lowest BCUT2D eigenvalue weighted by Crippen LogP contribution is -2.15. The molecule has 0 N–H and O–H groups in total. The molecule has 0 spiro atoms. The predicted octanol–water partition coefficient (Wildman–Crippen LogP) is 7.77. The molecule has 2 heterocycles. The van der Waals surface area contributed by atoms with E-state index in [0.717, 1.165) is 32.4 Å². The second kappa shape index (κ2) is 6.52. The first-order valence-electron chi connectivity index (χ1n) is 11.1. The molecule has 0 amide bonds. The van der Waals surface area contributed by atoms with Crippen LogP contribution in [-0.4, -0.2) is 14.6 Å². The van der Waals surface area contributed by atoms with Crippen LogP contribution in [0.1, 0.15) is 25.0 Å². The van der Waals surface area contributed by atoms with E-state index in [9.17, 15) is 0 Å². The van der Waals surface area contributed by atoms with Gasteiger partial charge in [-0.3, -0.25) is 4.40 Å². The van der Waals surface area contributed by atoms with Crippen molar-refractivity contribution in [3.8, 4) is 22.5 Å². The lowest BCUT2D eigenvalue weighted by molar-refractivity contribution is 0.660. The molecule has 0 bridgehead atoms. The number of fused-ring (bicyclic) bond motifs is 9. The largest absolute Gasteiger partial charge is 0.274 e. The molecule has 0 saturated carbocycles. The third-order valence-electron chi connectivity index (χ3n) is 7.16. The smallest absolute Gasteiger partial charge is 0.169 e. The molecule has 0 fully saturated rings. The van der Waals surface area contributed by atoms with E-state index in [-0.39, 0.29) is 5.41 Å². The van der Waals surface area contributed by atoms with Gasteiger partial charge in [-0.25, -0.2) is 0 Å².